The van der Waals surface area contributed by atoms with Crippen LogP contribution in [0.3, 0.4) is 0 Å². The number of hydrogen-bond donors (Lipinski definition) is 2. The fraction of sp³-hybridized carbons (Fsp3) is 0.524. The summed E-state index contributed by atoms with van der Waals surface area (Å²) in [5.74, 6) is -0.187. The summed E-state index contributed by atoms with van der Waals surface area (Å²) in [6.07, 6.45) is 5.15. The van der Waals surface area contributed by atoms with E-state index in [9.17, 15) is 22.4 Å². The van der Waals surface area contributed by atoms with E-state index in [1.807, 2.05) is 11.8 Å². The number of hydrogen-bond acceptors (Lipinski definition) is 8. The molecule has 3 aromatic carbocycles. The number of amides is 2. The molecule has 4 fully saturated rings. The summed E-state index contributed by atoms with van der Waals surface area (Å²) in [6.45, 7) is 7.30. The Morgan fingerprint density at radius 3 is 2.16 bits per heavy atom. The maximum absolute atomic E-state index is 16.3. The lowest BCUT2D eigenvalue weighted by Gasteiger charge is -2.54. The normalized spacial score (nSPS) is 22.9. The molecule has 3 aliphatic heterocycles. The second-order valence-corrected chi connectivity index (χ2v) is 17.8. The zero-order chi connectivity index (χ0) is 38.8. The van der Waals surface area contributed by atoms with E-state index >= 15 is 4.39 Å². The van der Waals surface area contributed by atoms with Crippen LogP contribution >= 0.6 is 0 Å². The minimum Gasteiger partial charge on any atom is -0.453 e. The molecule has 4 aliphatic rings. The highest BCUT2D eigenvalue weighted by Gasteiger charge is 2.54. The molecule has 0 unspecified atom stereocenters. The number of benzene rings is 3. The van der Waals surface area contributed by atoms with E-state index in [0.29, 0.717) is 18.7 Å². The van der Waals surface area contributed by atoms with Gasteiger partial charge >= 0.3 is 6.09 Å². The first-order chi connectivity index (χ1) is 26.4. The molecule has 3 saturated heterocycles. The third-order valence-corrected chi connectivity index (χ3v) is 14.3. The molecule has 0 radical (unpaired) electrons. The number of nitrogens with one attached hydrogen (secondary N) is 2. The minimum absolute atomic E-state index is 0.0779. The van der Waals surface area contributed by atoms with Gasteiger partial charge in [0.2, 0.25) is 9.84 Å². The highest BCUT2D eigenvalue weighted by molar-refractivity contribution is 7.91. The van der Waals surface area contributed by atoms with Crippen LogP contribution in [0.25, 0.3) is 0 Å². The van der Waals surface area contributed by atoms with Crippen LogP contribution in [0, 0.1) is 17.7 Å². The van der Waals surface area contributed by atoms with Crippen molar-refractivity contribution in [2.75, 3.05) is 70.9 Å². The van der Waals surface area contributed by atoms with Crippen molar-refractivity contribution in [3.63, 3.8) is 0 Å². The fourth-order valence-corrected chi connectivity index (χ4v) is 10.9. The monoisotopic (exact) mass is 777 g/mol. The van der Waals surface area contributed by atoms with E-state index in [0.717, 1.165) is 82.5 Å². The van der Waals surface area contributed by atoms with Crippen LogP contribution in [0.2, 0.25) is 0 Å². The molecule has 0 aromatic heterocycles. The second kappa shape index (κ2) is 16.2. The predicted molar refractivity (Wildman–Crippen MR) is 207 cm³/mol. The van der Waals surface area contributed by atoms with Crippen molar-refractivity contribution in [2.45, 2.75) is 72.4 Å². The molecular formula is C42H53F2N5O5S. The molecule has 7 rings (SSSR count). The Kier molecular flexibility index (Phi) is 11.5. The van der Waals surface area contributed by atoms with E-state index in [1.165, 1.54) is 37.4 Å². The molecule has 55 heavy (non-hydrogen) atoms. The van der Waals surface area contributed by atoms with Crippen molar-refractivity contribution in [3.05, 3.63) is 89.7 Å². The number of carbonyl (C=O) groups excluding carboxylic acids is 2. The van der Waals surface area contributed by atoms with Gasteiger partial charge in [-0.1, -0.05) is 18.6 Å². The topological polar surface area (TPSA) is 111 Å². The first kappa shape index (κ1) is 39.2. The molecule has 3 aromatic rings. The quantitative estimate of drug-likeness (QED) is 0.224. The first-order valence-electron chi connectivity index (χ1n) is 19.7. The lowest BCUT2D eigenvalue weighted by Crippen LogP contribution is -2.65. The summed E-state index contributed by atoms with van der Waals surface area (Å²) in [4.78, 5) is 31.4. The second-order valence-electron chi connectivity index (χ2n) is 15.9. The molecule has 3 heterocycles. The fourth-order valence-electron chi connectivity index (χ4n) is 9.69. The molecule has 2 amide bonds. The number of piperidine rings is 1. The third kappa shape index (κ3) is 8.11. The zero-order valence-corrected chi connectivity index (χ0v) is 32.6. The van der Waals surface area contributed by atoms with Crippen molar-refractivity contribution in [2.24, 2.45) is 11.8 Å². The van der Waals surface area contributed by atoms with Gasteiger partial charge in [0, 0.05) is 42.3 Å². The minimum atomic E-state index is -3.80. The molecule has 1 saturated carbocycles. The molecular weight excluding hydrogens is 725 g/mol. The van der Waals surface area contributed by atoms with Crippen LogP contribution in [-0.2, 0) is 20.0 Å². The Hall–Kier alpha value is -4.07. The number of ether oxygens (including phenoxy) is 1. The number of likely N-dealkylation sites (tertiary alicyclic amines) is 2. The van der Waals surface area contributed by atoms with E-state index in [-0.39, 0.29) is 57.9 Å². The van der Waals surface area contributed by atoms with Gasteiger partial charge in [-0.25, -0.2) is 22.0 Å². The summed E-state index contributed by atoms with van der Waals surface area (Å²) in [5, 5.41) is 5.84. The summed E-state index contributed by atoms with van der Waals surface area (Å²) < 4.78 is 62.9. The average Bonchev–Trinajstić information content (AvgIpc) is 3.62. The van der Waals surface area contributed by atoms with Gasteiger partial charge in [-0.05, 0) is 143 Å². The summed E-state index contributed by atoms with van der Waals surface area (Å²) in [7, 11) is -2.41. The van der Waals surface area contributed by atoms with E-state index in [4.69, 9.17) is 4.74 Å². The van der Waals surface area contributed by atoms with Crippen LogP contribution in [0.5, 0.6) is 0 Å². The van der Waals surface area contributed by atoms with Crippen molar-refractivity contribution >= 4 is 27.5 Å². The molecule has 3 atom stereocenters. The molecule has 296 valence electrons. The largest absolute Gasteiger partial charge is 0.453 e. The van der Waals surface area contributed by atoms with Gasteiger partial charge in [0.15, 0.2) is 5.67 Å². The van der Waals surface area contributed by atoms with Gasteiger partial charge in [0.25, 0.3) is 5.91 Å². The van der Waals surface area contributed by atoms with Gasteiger partial charge in [0.05, 0.1) is 30.0 Å². The number of methoxy groups -OCH3 is 1. The molecule has 2 N–H and O–H groups in total. The number of rotatable bonds is 13. The van der Waals surface area contributed by atoms with Gasteiger partial charge in [0.1, 0.15) is 5.82 Å². The number of alkyl carbamates (subject to hydrolysis) is 1. The Morgan fingerprint density at radius 2 is 1.56 bits per heavy atom. The Bertz CT molecular complexity index is 1930. The maximum atomic E-state index is 16.3. The highest BCUT2D eigenvalue weighted by Crippen LogP contribution is 2.51. The van der Waals surface area contributed by atoms with Crippen molar-refractivity contribution < 1.29 is 31.5 Å². The van der Waals surface area contributed by atoms with E-state index in [1.54, 1.807) is 36.4 Å². The molecule has 1 aliphatic carbocycles. The van der Waals surface area contributed by atoms with Gasteiger partial charge in [-0.2, -0.15) is 0 Å². The highest BCUT2D eigenvalue weighted by atomic mass is 32.2. The number of carbonyl (C=O) groups is 2. The number of nitrogens with zero attached hydrogens (tertiary/aromatic N) is 3. The van der Waals surface area contributed by atoms with E-state index < -0.39 is 21.6 Å². The predicted octanol–water partition coefficient (Wildman–Crippen LogP) is 5.82. The Labute approximate surface area is 323 Å². The third-order valence-electron chi connectivity index (χ3n) is 12.5. The zero-order valence-electron chi connectivity index (χ0n) is 31.8. The summed E-state index contributed by atoms with van der Waals surface area (Å²) in [6, 6.07) is 19.4. The number of halogens is 2. The van der Waals surface area contributed by atoms with Crippen molar-refractivity contribution in [1.82, 2.24) is 20.4 Å². The lowest BCUT2D eigenvalue weighted by atomic mass is 9.57. The van der Waals surface area contributed by atoms with Crippen molar-refractivity contribution in [1.29, 1.82) is 0 Å². The Balaban J connectivity index is 1.00. The molecule has 10 nitrogen and oxygen atoms in total. The maximum Gasteiger partial charge on any atom is 0.407 e. The SMILES string of the molecule is CCNC(=O)c1ccc(S(=O)(=O)c2ccc(N3CC(F)(CN4CCC([C@@](CN5CCC5)(c5cccc(F)c5)[C@H]5CCC[C@@H]5NC(=O)OC)CC4)C3)cc2)cc1. The Morgan fingerprint density at radius 1 is 0.891 bits per heavy atom. The number of sulfone groups is 1. The lowest BCUT2D eigenvalue weighted by molar-refractivity contribution is 0.00584. The molecule has 0 bridgehead atoms. The number of anilines is 1. The van der Waals surface area contributed by atoms with Crippen LogP contribution in [0.1, 0.15) is 61.4 Å². The summed E-state index contributed by atoms with van der Waals surface area (Å²) >= 11 is 0. The smallest absolute Gasteiger partial charge is 0.407 e. The van der Waals surface area contributed by atoms with Crippen molar-refractivity contribution in [3.8, 4) is 0 Å². The standard InChI is InChI=1S/C42H53F2N5O5S/c1-3-45-39(50)30-11-15-35(16-12-30)55(52,53)36-17-13-34(14-18-36)49-27-41(44,28-49)26-48-23-19-31(20-24-48)42(29-47-21-6-22-47,32-7-4-8-33(43)25-32)37-9-5-10-38(37)46-40(51)54-2/h4,7-8,11-18,25,31,37-38H,3,5-6,9-10,19-24,26-29H2,1-2H3,(H,45,50)(H,46,51)/t37-,38-,42-/m0/s1. The van der Waals surface area contributed by atoms with E-state index in [2.05, 4.69) is 26.5 Å². The average molecular weight is 778 g/mol. The van der Waals surface area contributed by atoms with Gasteiger partial charge in [-0.15, -0.1) is 0 Å². The van der Waals surface area contributed by atoms with Crippen LogP contribution in [0.15, 0.2) is 82.6 Å². The molecule has 0 spiro atoms. The van der Waals surface area contributed by atoms with Gasteiger partial charge < -0.3 is 25.2 Å². The van der Waals surface area contributed by atoms with Crippen LogP contribution in [0.4, 0.5) is 19.3 Å². The van der Waals surface area contributed by atoms with Gasteiger partial charge in [-0.3, -0.25) is 9.69 Å². The number of alkyl halides is 1. The van der Waals surface area contributed by atoms with Crippen LogP contribution < -0.4 is 15.5 Å². The first-order valence-corrected chi connectivity index (χ1v) is 21.1. The van der Waals surface area contributed by atoms with Crippen LogP contribution in [-0.4, -0.2) is 108 Å². The molecule has 13 heteroatoms. The summed E-state index contributed by atoms with van der Waals surface area (Å²) in [5.41, 5.74) is 0.355.